The van der Waals surface area contributed by atoms with Gasteiger partial charge in [0.05, 0.1) is 25.6 Å². The van der Waals surface area contributed by atoms with Gasteiger partial charge in [-0.25, -0.2) is 4.98 Å². The molecule has 0 aliphatic carbocycles. The number of hydrogen-bond acceptors (Lipinski definition) is 5. The highest BCUT2D eigenvalue weighted by molar-refractivity contribution is 5.99. The number of imidazole rings is 1. The number of aromatic nitrogens is 2. The molecule has 0 bridgehead atoms. The lowest BCUT2D eigenvalue weighted by Gasteiger charge is -2.36. The number of aliphatic carboxylic acids is 1. The van der Waals surface area contributed by atoms with Crippen LogP contribution in [-0.4, -0.2) is 44.9 Å². The monoisotopic (exact) mass is 408 g/mol. The van der Waals surface area contributed by atoms with Crippen LogP contribution in [0.1, 0.15) is 34.6 Å². The molecule has 30 heavy (non-hydrogen) atoms. The summed E-state index contributed by atoms with van der Waals surface area (Å²) in [7, 11) is 0. The van der Waals surface area contributed by atoms with Gasteiger partial charge < -0.3 is 25.0 Å². The van der Waals surface area contributed by atoms with E-state index in [9.17, 15) is 9.90 Å². The first-order chi connectivity index (χ1) is 14.5. The molecule has 0 saturated carbocycles. The van der Waals surface area contributed by atoms with Crippen molar-refractivity contribution in [3.05, 3.63) is 83.8 Å². The largest absolute Gasteiger partial charge is 0.481 e. The number of carbonyl (C=O) groups is 2. The van der Waals surface area contributed by atoms with E-state index >= 15 is 0 Å². The predicted molar refractivity (Wildman–Crippen MR) is 112 cm³/mol. The second-order valence-electron chi connectivity index (χ2n) is 6.71. The molecule has 156 valence electrons. The minimum absolute atomic E-state index is 0.0448. The van der Waals surface area contributed by atoms with Crippen LogP contribution in [-0.2, 0) is 11.3 Å². The zero-order valence-corrected chi connectivity index (χ0v) is 16.6. The number of aliphatic hydroxyl groups excluding tert-OH is 1. The fourth-order valence-corrected chi connectivity index (χ4v) is 3.44. The highest BCUT2D eigenvalue weighted by Crippen LogP contribution is 2.35. The molecule has 0 saturated heterocycles. The molecule has 8 heteroatoms. The van der Waals surface area contributed by atoms with Crippen molar-refractivity contribution in [3.63, 3.8) is 0 Å². The Balaban J connectivity index is 0.000000589. The minimum atomic E-state index is -0.833. The van der Waals surface area contributed by atoms with Crippen LogP contribution in [0.15, 0.2) is 67.0 Å². The highest BCUT2D eigenvalue weighted by Gasteiger charge is 2.33. The van der Waals surface area contributed by atoms with E-state index in [2.05, 4.69) is 39.5 Å². The lowest BCUT2D eigenvalue weighted by atomic mass is 9.97. The number of amides is 1. The van der Waals surface area contributed by atoms with E-state index in [1.165, 1.54) is 0 Å². The molecule has 0 fully saturated rings. The minimum Gasteiger partial charge on any atom is -0.481 e. The van der Waals surface area contributed by atoms with Gasteiger partial charge in [-0.1, -0.05) is 60.7 Å². The topological polar surface area (TPSA) is 108 Å². The quantitative estimate of drug-likeness (QED) is 0.598. The summed E-state index contributed by atoms with van der Waals surface area (Å²) in [5, 5.41) is 19.6. The molecule has 0 radical (unpaired) electrons. The maximum absolute atomic E-state index is 12.4. The molecule has 2 aromatic carbocycles. The van der Waals surface area contributed by atoms with Crippen LogP contribution in [0.4, 0.5) is 5.82 Å². The molecule has 1 aliphatic rings. The lowest BCUT2D eigenvalue weighted by molar-refractivity contribution is -0.134. The van der Waals surface area contributed by atoms with Crippen LogP contribution >= 0.6 is 0 Å². The standard InChI is InChI=1S/C20H20N4O2.C2H4O2/c25-12-11-23-13-21-19-18(23)20(26)22-14-24(19)17(15-7-3-1-4-8-15)16-9-5-2-6-10-16;1-2(3)4/h1-10,13,17,25H,11-12,14H2,(H,22,26);1H3,(H,3,4). The summed E-state index contributed by atoms with van der Waals surface area (Å²) < 4.78 is 1.70. The van der Waals surface area contributed by atoms with Crippen molar-refractivity contribution in [1.82, 2.24) is 14.9 Å². The molecule has 0 unspecified atom stereocenters. The Hall–Kier alpha value is -3.65. The van der Waals surface area contributed by atoms with Crippen LogP contribution in [0.2, 0.25) is 0 Å². The number of nitrogens with zero attached hydrogens (tertiary/aromatic N) is 3. The summed E-state index contributed by atoms with van der Waals surface area (Å²) in [4.78, 5) is 28.0. The Kier molecular flexibility index (Phi) is 6.82. The van der Waals surface area contributed by atoms with E-state index in [4.69, 9.17) is 9.90 Å². The Bertz CT molecular complexity index is 945. The molecule has 0 atom stereocenters. The van der Waals surface area contributed by atoms with Gasteiger partial charge >= 0.3 is 0 Å². The smallest absolute Gasteiger partial charge is 0.300 e. The first-order valence-electron chi connectivity index (χ1n) is 9.53. The van der Waals surface area contributed by atoms with Crippen molar-refractivity contribution in [2.75, 3.05) is 18.2 Å². The third-order valence-corrected chi connectivity index (χ3v) is 4.60. The van der Waals surface area contributed by atoms with Crippen molar-refractivity contribution < 1.29 is 19.8 Å². The van der Waals surface area contributed by atoms with Crippen molar-refractivity contribution >= 4 is 17.7 Å². The number of carboxylic acid groups (broad SMARTS) is 1. The summed E-state index contributed by atoms with van der Waals surface area (Å²) in [5.41, 5.74) is 2.73. The van der Waals surface area contributed by atoms with Gasteiger partial charge in [0.1, 0.15) is 0 Å². The molecule has 3 N–H and O–H groups in total. The van der Waals surface area contributed by atoms with Crippen LogP contribution in [0.25, 0.3) is 0 Å². The van der Waals surface area contributed by atoms with Crippen LogP contribution in [0.5, 0.6) is 0 Å². The number of carboxylic acids is 1. The number of fused-ring (bicyclic) bond motifs is 1. The van der Waals surface area contributed by atoms with Gasteiger partial charge in [0.15, 0.2) is 11.5 Å². The molecular weight excluding hydrogens is 384 g/mol. The van der Waals surface area contributed by atoms with E-state index in [-0.39, 0.29) is 18.6 Å². The third kappa shape index (κ3) is 4.66. The Labute approximate surface area is 174 Å². The second-order valence-corrected chi connectivity index (χ2v) is 6.71. The van der Waals surface area contributed by atoms with Crippen LogP contribution in [0.3, 0.4) is 0 Å². The van der Waals surface area contributed by atoms with Crippen LogP contribution in [0, 0.1) is 0 Å². The number of carbonyl (C=O) groups excluding carboxylic acids is 1. The zero-order valence-electron chi connectivity index (χ0n) is 16.6. The fraction of sp³-hybridized carbons (Fsp3) is 0.227. The lowest BCUT2D eigenvalue weighted by Crippen LogP contribution is -2.46. The number of benzene rings is 2. The SMILES string of the molecule is CC(=O)O.O=C1NCN(C(c2ccccc2)c2ccccc2)c2ncn(CCO)c21. The average Bonchev–Trinajstić information content (AvgIpc) is 3.16. The van der Waals surface area contributed by atoms with Gasteiger partial charge in [0.25, 0.3) is 11.9 Å². The summed E-state index contributed by atoms with van der Waals surface area (Å²) in [5.74, 6) is -0.359. The van der Waals surface area contributed by atoms with E-state index in [0.29, 0.717) is 24.7 Å². The number of nitrogens with one attached hydrogen (secondary N) is 1. The molecular formula is C22H24N4O4. The Morgan fingerprint density at radius 2 is 1.63 bits per heavy atom. The normalized spacial score (nSPS) is 12.6. The van der Waals surface area contributed by atoms with Gasteiger partial charge in [0, 0.05) is 13.5 Å². The van der Waals surface area contributed by atoms with Gasteiger partial charge in [-0.15, -0.1) is 0 Å². The van der Waals surface area contributed by atoms with Gasteiger partial charge in [-0.3, -0.25) is 9.59 Å². The van der Waals surface area contributed by atoms with Crippen molar-refractivity contribution in [2.45, 2.75) is 19.5 Å². The summed E-state index contributed by atoms with van der Waals surface area (Å²) >= 11 is 0. The van der Waals surface area contributed by atoms with Gasteiger partial charge in [-0.05, 0) is 11.1 Å². The van der Waals surface area contributed by atoms with Gasteiger partial charge in [0.2, 0.25) is 0 Å². The molecule has 8 nitrogen and oxygen atoms in total. The second kappa shape index (κ2) is 9.71. The first kappa shape index (κ1) is 21.1. The third-order valence-electron chi connectivity index (χ3n) is 4.60. The van der Waals surface area contributed by atoms with Crippen molar-refractivity contribution in [1.29, 1.82) is 0 Å². The number of rotatable bonds is 5. The molecule has 2 heterocycles. The Morgan fingerprint density at radius 1 is 1.10 bits per heavy atom. The van der Waals surface area contributed by atoms with Gasteiger partial charge in [-0.2, -0.15) is 0 Å². The maximum atomic E-state index is 12.4. The van der Waals surface area contributed by atoms with E-state index in [1.54, 1.807) is 10.9 Å². The van der Waals surface area contributed by atoms with E-state index in [1.807, 2.05) is 36.4 Å². The average molecular weight is 408 g/mol. The number of aliphatic hydroxyl groups is 1. The van der Waals surface area contributed by atoms with Crippen molar-refractivity contribution in [2.24, 2.45) is 0 Å². The first-order valence-corrected chi connectivity index (χ1v) is 9.53. The fourth-order valence-electron chi connectivity index (χ4n) is 3.44. The van der Waals surface area contributed by atoms with E-state index < -0.39 is 5.97 Å². The summed E-state index contributed by atoms with van der Waals surface area (Å²) in [6.45, 7) is 1.75. The zero-order chi connectivity index (χ0) is 21.5. The number of anilines is 1. The molecule has 0 spiro atoms. The molecule has 1 aromatic heterocycles. The molecule has 3 aromatic rings. The summed E-state index contributed by atoms with van der Waals surface area (Å²) in [6.07, 6.45) is 1.62. The highest BCUT2D eigenvalue weighted by atomic mass is 16.4. The molecule has 1 aliphatic heterocycles. The Morgan fingerprint density at radius 3 is 2.13 bits per heavy atom. The van der Waals surface area contributed by atoms with Crippen LogP contribution < -0.4 is 10.2 Å². The number of hydrogen-bond donors (Lipinski definition) is 3. The molecule has 4 rings (SSSR count). The predicted octanol–water partition coefficient (Wildman–Crippen LogP) is 2.26. The molecule has 1 amide bonds. The maximum Gasteiger partial charge on any atom is 0.300 e. The van der Waals surface area contributed by atoms with E-state index in [0.717, 1.165) is 18.1 Å². The van der Waals surface area contributed by atoms with Crippen molar-refractivity contribution in [3.8, 4) is 0 Å². The summed E-state index contributed by atoms with van der Waals surface area (Å²) in [6, 6.07) is 20.3.